The molecule has 0 spiro atoms. The minimum absolute atomic E-state index is 0.739. The topological polar surface area (TPSA) is 35.2 Å². The van der Waals surface area contributed by atoms with Gasteiger partial charge in [0.1, 0.15) is 5.76 Å². The molecule has 0 aromatic rings. The molecule has 0 rings (SSSR count). The van der Waals surface area contributed by atoms with E-state index >= 15 is 0 Å². The molecule has 0 atom stereocenters. The van der Waals surface area contributed by atoms with Crippen molar-refractivity contribution in [2.24, 2.45) is 5.73 Å². The van der Waals surface area contributed by atoms with Gasteiger partial charge in [0, 0.05) is 0 Å². The minimum atomic E-state index is 0.739. The van der Waals surface area contributed by atoms with E-state index in [4.69, 9.17) is 10.5 Å². The molecule has 0 saturated heterocycles. The monoisotopic (exact) mass is 155 g/mol. The maximum Gasteiger partial charge on any atom is 0.114 e. The Balaban J connectivity index is 3.29. The second kappa shape index (κ2) is 7.35. The molecule has 0 heterocycles. The van der Waals surface area contributed by atoms with E-state index in [2.05, 4.69) is 6.58 Å². The second-order valence-corrected chi connectivity index (χ2v) is 2.24. The van der Waals surface area contributed by atoms with Gasteiger partial charge in [-0.1, -0.05) is 6.58 Å². The van der Waals surface area contributed by atoms with E-state index in [-0.39, 0.29) is 0 Å². The van der Waals surface area contributed by atoms with Crippen molar-refractivity contribution >= 4 is 0 Å². The first kappa shape index (κ1) is 10.2. The van der Waals surface area contributed by atoms with Gasteiger partial charge in [0.15, 0.2) is 0 Å². The summed E-state index contributed by atoms with van der Waals surface area (Å²) in [7, 11) is 0. The van der Waals surface area contributed by atoms with Gasteiger partial charge in [-0.3, -0.25) is 0 Å². The van der Waals surface area contributed by atoms with E-state index in [1.165, 1.54) is 0 Å². The average Bonchev–Trinajstić information content (AvgIpc) is 2.05. The summed E-state index contributed by atoms with van der Waals surface area (Å²) in [6.07, 6.45) is 5.65. The smallest absolute Gasteiger partial charge is 0.114 e. The highest BCUT2D eigenvalue weighted by Crippen LogP contribution is 1.99. The predicted octanol–water partition coefficient (Wildman–Crippen LogP) is 1.83. The highest BCUT2D eigenvalue weighted by atomic mass is 16.5. The first-order valence-corrected chi connectivity index (χ1v) is 3.96. The molecule has 2 N–H and O–H groups in total. The van der Waals surface area contributed by atoms with Crippen molar-refractivity contribution < 1.29 is 4.74 Å². The van der Waals surface area contributed by atoms with Gasteiger partial charge >= 0.3 is 0 Å². The maximum absolute atomic E-state index is 5.33. The fraction of sp³-hybridized carbons (Fsp3) is 0.556. The number of rotatable bonds is 6. The highest BCUT2D eigenvalue weighted by molar-refractivity contribution is 5.06. The van der Waals surface area contributed by atoms with Gasteiger partial charge in [-0.25, -0.2) is 0 Å². The maximum atomic E-state index is 5.33. The van der Waals surface area contributed by atoms with Gasteiger partial charge in [0.2, 0.25) is 0 Å². The van der Waals surface area contributed by atoms with Crippen molar-refractivity contribution in [3.63, 3.8) is 0 Å². The lowest BCUT2D eigenvalue weighted by Crippen LogP contribution is -2.01. The van der Waals surface area contributed by atoms with Crippen molar-refractivity contribution in [3.8, 4) is 0 Å². The molecule has 0 fully saturated rings. The molecule has 0 aromatic heterocycles. The molecular weight excluding hydrogens is 138 g/mol. The van der Waals surface area contributed by atoms with E-state index in [0.717, 1.165) is 31.8 Å². The Labute approximate surface area is 68.7 Å². The summed E-state index contributed by atoms with van der Waals surface area (Å²) in [5.41, 5.74) is 5.32. The zero-order valence-electron chi connectivity index (χ0n) is 7.18. The van der Waals surface area contributed by atoms with Crippen LogP contribution < -0.4 is 5.73 Å². The fourth-order valence-electron chi connectivity index (χ4n) is 0.697. The lowest BCUT2D eigenvalue weighted by atomic mass is 10.3. The van der Waals surface area contributed by atoms with Crippen molar-refractivity contribution in [2.75, 3.05) is 13.2 Å². The lowest BCUT2D eigenvalue weighted by molar-refractivity contribution is 0.218. The van der Waals surface area contributed by atoms with Crippen molar-refractivity contribution in [1.29, 1.82) is 0 Å². The van der Waals surface area contributed by atoms with Gasteiger partial charge in [-0.05, 0) is 38.5 Å². The molecule has 0 aromatic carbocycles. The van der Waals surface area contributed by atoms with Gasteiger partial charge in [0.25, 0.3) is 0 Å². The summed E-state index contributed by atoms with van der Waals surface area (Å²) in [6, 6.07) is 0. The van der Waals surface area contributed by atoms with Crippen LogP contribution in [0, 0.1) is 0 Å². The van der Waals surface area contributed by atoms with Crippen LogP contribution in [0.25, 0.3) is 0 Å². The van der Waals surface area contributed by atoms with E-state index in [1.807, 2.05) is 13.0 Å². The first-order chi connectivity index (χ1) is 5.35. The van der Waals surface area contributed by atoms with Crippen LogP contribution >= 0.6 is 0 Å². The fourth-order valence-corrected chi connectivity index (χ4v) is 0.697. The third-order valence-corrected chi connectivity index (χ3v) is 1.35. The molecule has 11 heavy (non-hydrogen) atoms. The number of hydrogen-bond donors (Lipinski definition) is 1. The van der Waals surface area contributed by atoms with E-state index in [1.54, 1.807) is 6.08 Å². The van der Waals surface area contributed by atoms with E-state index in [9.17, 15) is 0 Å². The zero-order chi connectivity index (χ0) is 8.53. The van der Waals surface area contributed by atoms with Crippen LogP contribution in [0.5, 0.6) is 0 Å². The van der Waals surface area contributed by atoms with Crippen LogP contribution in [0.1, 0.15) is 19.8 Å². The second-order valence-electron chi connectivity index (χ2n) is 2.24. The number of unbranched alkanes of at least 4 members (excludes halogenated alkanes) is 1. The van der Waals surface area contributed by atoms with E-state index < -0.39 is 0 Å². The van der Waals surface area contributed by atoms with Crippen molar-refractivity contribution in [2.45, 2.75) is 19.8 Å². The Morgan fingerprint density at radius 1 is 1.55 bits per heavy atom. The molecule has 0 aliphatic carbocycles. The van der Waals surface area contributed by atoms with Gasteiger partial charge in [-0.2, -0.15) is 0 Å². The summed E-state index contributed by atoms with van der Waals surface area (Å²) in [5, 5.41) is 0. The molecule has 2 nitrogen and oxygen atoms in total. The summed E-state index contributed by atoms with van der Waals surface area (Å²) >= 11 is 0. The zero-order valence-corrected chi connectivity index (χ0v) is 7.18. The van der Waals surface area contributed by atoms with Crippen LogP contribution in [0.4, 0.5) is 0 Å². The third-order valence-electron chi connectivity index (χ3n) is 1.35. The third kappa shape index (κ3) is 5.67. The molecule has 0 saturated carbocycles. The van der Waals surface area contributed by atoms with Gasteiger partial charge < -0.3 is 10.5 Å². The van der Waals surface area contributed by atoms with Crippen LogP contribution in [0.3, 0.4) is 0 Å². The average molecular weight is 155 g/mol. The molecule has 64 valence electrons. The molecule has 0 aliphatic rings. The predicted molar refractivity (Wildman–Crippen MR) is 48.2 cm³/mol. The van der Waals surface area contributed by atoms with Crippen LogP contribution in [0.15, 0.2) is 24.5 Å². The molecule has 2 heteroatoms. The first-order valence-electron chi connectivity index (χ1n) is 3.96. The number of ether oxygens (including phenoxy) is 1. The SMILES string of the molecule is C=C/C(=C\C)OCCCCN. The molecule has 0 bridgehead atoms. The van der Waals surface area contributed by atoms with Crippen LogP contribution in [-0.4, -0.2) is 13.2 Å². The number of allylic oxidation sites excluding steroid dienone is 2. The largest absolute Gasteiger partial charge is 0.494 e. The molecule has 0 amide bonds. The van der Waals surface area contributed by atoms with Gasteiger partial charge in [0.05, 0.1) is 6.61 Å². The molecule has 0 unspecified atom stereocenters. The molecular formula is C9H17NO. The normalized spacial score (nSPS) is 11.3. The van der Waals surface area contributed by atoms with Gasteiger partial charge in [-0.15, -0.1) is 0 Å². The highest BCUT2D eigenvalue weighted by Gasteiger charge is 1.89. The standard InChI is InChI=1S/C9H17NO/c1-3-9(4-2)11-8-6-5-7-10/h3-4H,1,5-8,10H2,2H3/b9-4+. The minimum Gasteiger partial charge on any atom is -0.494 e. The Morgan fingerprint density at radius 3 is 2.73 bits per heavy atom. The Bertz CT molecular complexity index is 130. The Kier molecular flexibility index (Phi) is 6.84. The number of nitrogens with two attached hydrogens (primary N) is 1. The quantitative estimate of drug-likeness (QED) is 0.361. The van der Waals surface area contributed by atoms with Crippen molar-refractivity contribution in [1.82, 2.24) is 0 Å². The lowest BCUT2D eigenvalue weighted by Gasteiger charge is -2.04. The molecule has 0 aliphatic heterocycles. The van der Waals surface area contributed by atoms with E-state index in [0.29, 0.717) is 0 Å². The Hall–Kier alpha value is -0.760. The summed E-state index contributed by atoms with van der Waals surface area (Å²) in [4.78, 5) is 0. The summed E-state index contributed by atoms with van der Waals surface area (Å²) in [6.45, 7) is 7.02. The Morgan fingerprint density at radius 2 is 2.27 bits per heavy atom. The van der Waals surface area contributed by atoms with Crippen molar-refractivity contribution in [3.05, 3.63) is 24.5 Å². The summed E-state index contributed by atoms with van der Waals surface area (Å²) in [5.74, 6) is 0.849. The summed E-state index contributed by atoms with van der Waals surface area (Å²) < 4.78 is 5.33. The van der Waals surface area contributed by atoms with Crippen LogP contribution in [-0.2, 0) is 4.74 Å². The number of hydrogen-bond acceptors (Lipinski definition) is 2. The molecule has 0 radical (unpaired) electrons. The van der Waals surface area contributed by atoms with Crippen LogP contribution in [0.2, 0.25) is 0 Å².